The van der Waals surface area contributed by atoms with E-state index in [2.05, 4.69) is 0 Å². The average molecular weight is 222 g/mol. The first kappa shape index (κ1) is 10.1. The van der Waals surface area contributed by atoms with Crippen LogP contribution in [-0.4, -0.2) is 16.2 Å². The number of carboxylic acid groups (broad SMARTS) is 1. The molecule has 2 N–H and O–H groups in total. The fourth-order valence-electron chi connectivity index (χ4n) is 1.42. The molecule has 1 aromatic heterocycles. The molecular weight excluding hydrogens is 212 g/mol. The molecule has 0 radical (unpaired) electrons. The maximum atomic E-state index is 10.6. The number of aliphatic hydroxyl groups excluding tert-OH is 1. The number of thiophene rings is 1. The molecule has 1 heterocycles. The van der Waals surface area contributed by atoms with Crippen LogP contribution >= 0.6 is 11.3 Å². The third kappa shape index (κ3) is 1.86. The van der Waals surface area contributed by atoms with E-state index in [1.54, 1.807) is 6.07 Å². The Balaban J connectivity index is 2.51. The highest BCUT2D eigenvalue weighted by molar-refractivity contribution is 7.19. The number of aliphatic hydroxyl groups is 1. The van der Waals surface area contributed by atoms with Crippen molar-refractivity contribution in [3.05, 3.63) is 34.7 Å². The summed E-state index contributed by atoms with van der Waals surface area (Å²) < 4.78 is 1.00. The lowest BCUT2D eigenvalue weighted by atomic mass is 10.2. The van der Waals surface area contributed by atoms with E-state index in [1.165, 1.54) is 11.3 Å². The predicted molar refractivity (Wildman–Crippen MR) is 59.2 cm³/mol. The van der Waals surface area contributed by atoms with Gasteiger partial charge in [0.1, 0.15) is 0 Å². The molecule has 3 nitrogen and oxygen atoms in total. The maximum Gasteiger partial charge on any atom is 0.338 e. The Labute approximate surface area is 90.6 Å². The summed E-state index contributed by atoms with van der Waals surface area (Å²) in [7, 11) is 0. The lowest BCUT2D eigenvalue weighted by molar-refractivity contribution is -0.146. The molecule has 0 saturated heterocycles. The number of carbonyl (C=O) groups is 1. The minimum atomic E-state index is -1.41. The second-order valence-corrected chi connectivity index (χ2v) is 4.55. The molecule has 1 aromatic carbocycles. The average Bonchev–Trinajstić information content (AvgIpc) is 2.58. The van der Waals surface area contributed by atoms with Crippen LogP contribution in [0.15, 0.2) is 24.3 Å². The van der Waals surface area contributed by atoms with Crippen LogP contribution in [0.1, 0.15) is 16.5 Å². The van der Waals surface area contributed by atoms with Crippen LogP contribution in [0, 0.1) is 6.92 Å². The van der Waals surface area contributed by atoms with Gasteiger partial charge in [0.05, 0.1) is 0 Å². The quantitative estimate of drug-likeness (QED) is 0.819. The van der Waals surface area contributed by atoms with E-state index in [-0.39, 0.29) is 0 Å². The maximum absolute atomic E-state index is 10.6. The first-order valence-corrected chi connectivity index (χ1v) is 5.30. The SMILES string of the molecule is Cc1ccc2cc(C(O)C(=O)O)sc2c1. The zero-order valence-corrected chi connectivity index (χ0v) is 8.91. The Kier molecular flexibility index (Phi) is 2.46. The number of aliphatic carboxylic acids is 1. The molecular formula is C11H10O3S. The summed E-state index contributed by atoms with van der Waals surface area (Å²) in [5.74, 6) is -1.21. The summed E-state index contributed by atoms with van der Waals surface area (Å²) in [6.07, 6.45) is -1.41. The van der Waals surface area contributed by atoms with Crippen LogP contribution in [-0.2, 0) is 4.79 Å². The van der Waals surface area contributed by atoms with Crippen molar-refractivity contribution < 1.29 is 15.0 Å². The summed E-state index contributed by atoms with van der Waals surface area (Å²) >= 11 is 1.32. The first-order chi connectivity index (χ1) is 7.08. The number of rotatable bonds is 2. The van der Waals surface area contributed by atoms with Gasteiger partial charge in [-0.1, -0.05) is 12.1 Å². The second kappa shape index (κ2) is 3.64. The zero-order valence-electron chi connectivity index (χ0n) is 8.10. The highest BCUT2D eigenvalue weighted by atomic mass is 32.1. The molecule has 0 aliphatic rings. The molecule has 1 unspecified atom stereocenters. The van der Waals surface area contributed by atoms with Crippen LogP contribution in [0.5, 0.6) is 0 Å². The van der Waals surface area contributed by atoms with E-state index >= 15 is 0 Å². The number of aryl methyl sites for hydroxylation is 1. The lowest BCUT2D eigenvalue weighted by Gasteiger charge is -1.99. The van der Waals surface area contributed by atoms with Gasteiger partial charge in [0.15, 0.2) is 6.10 Å². The smallest absolute Gasteiger partial charge is 0.338 e. The molecule has 15 heavy (non-hydrogen) atoms. The fraction of sp³-hybridized carbons (Fsp3) is 0.182. The molecule has 1 atom stereocenters. The van der Waals surface area contributed by atoms with Gasteiger partial charge in [-0.15, -0.1) is 11.3 Å². The van der Waals surface area contributed by atoms with Gasteiger partial charge in [0.2, 0.25) is 0 Å². The first-order valence-electron chi connectivity index (χ1n) is 4.49. The van der Waals surface area contributed by atoms with Crippen molar-refractivity contribution in [1.82, 2.24) is 0 Å². The number of benzene rings is 1. The van der Waals surface area contributed by atoms with Crippen LogP contribution in [0.25, 0.3) is 10.1 Å². The Morgan fingerprint density at radius 3 is 2.80 bits per heavy atom. The Bertz CT molecular complexity index is 516. The minimum Gasteiger partial charge on any atom is -0.479 e. The molecule has 78 valence electrons. The van der Waals surface area contributed by atoms with Crippen LogP contribution in [0.2, 0.25) is 0 Å². The topological polar surface area (TPSA) is 57.5 Å². The summed E-state index contributed by atoms with van der Waals surface area (Å²) in [5.41, 5.74) is 1.13. The van der Waals surface area contributed by atoms with Gasteiger partial charge >= 0.3 is 5.97 Å². The van der Waals surface area contributed by atoms with Crippen molar-refractivity contribution in [1.29, 1.82) is 0 Å². The predicted octanol–water partition coefficient (Wildman–Crippen LogP) is 2.33. The van der Waals surface area contributed by atoms with Crippen LogP contribution in [0.3, 0.4) is 0 Å². The molecule has 0 aliphatic carbocycles. The van der Waals surface area contributed by atoms with Crippen molar-refractivity contribution in [3.63, 3.8) is 0 Å². The van der Waals surface area contributed by atoms with Crippen LogP contribution < -0.4 is 0 Å². The van der Waals surface area contributed by atoms with Gasteiger partial charge in [-0.25, -0.2) is 4.79 Å². The van der Waals surface area contributed by atoms with E-state index in [1.807, 2.05) is 25.1 Å². The van der Waals surface area contributed by atoms with Crippen LogP contribution in [0.4, 0.5) is 0 Å². The molecule has 0 saturated carbocycles. The van der Waals surface area contributed by atoms with E-state index in [9.17, 15) is 9.90 Å². The molecule has 0 amide bonds. The van der Waals surface area contributed by atoms with Gasteiger partial charge in [-0.3, -0.25) is 0 Å². The van der Waals surface area contributed by atoms with Gasteiger partial charge in [0, 0.05) is 9.58 Å². The third-order valence-corrected chi connectivity index (χ3v) is 3.35. The van der Waals surface area contributed by atoms with Crippen molar-refractivity contribution in [2.24, 2.45) is 0 Å². The normalized spacial score (nSPS) is 12.9. The molecule has 0 spiro atoms. The number of carboxylic acids is 1. The summed E-state index contributed by atoms with van der Waals surface area (Å²) in [6.45, 7) is 1.98. The Hall–Kier alpha value is -1.39. The highest BCUT2D eigenvalue weighted by Crippen LogP contribution is 2.30. The summed E-state index contributed by atoms with van der Waals surface area (Å²) in [6, 6.07) is 7.60. The molecule has 0 fully saturated rings. The van der Waals surface area contributed by atoms with Gasteiger partial charge in [0.25, 0.3) is 0 Å². The van der Waals surface area contributed by atoms with E-state index in [4.69, 9.17) is 5.11 Å². The van der Waals surface area contributed by atoms with Crippen molar-refractivity contribution >= 4 is 27.4 Å². The number of fused-ring (bicyclic) bond motifs is 1. The molecule has 2 rings (SSSR count). The molecule has 0 aliphatic heterocycles. The zero-order chi connectivity index (χ0) is 11.0. The van der Waals surface area contributed by atoms with E-state index < -0.39 is 12.1 Å². The largest absolute Gasteiger partial charge is 0.479 e. The van der Waals surface area contributed by atoms with Crippen molar-refractivity contribution in [2.75, 3.05) is 0 Å². The third-order valence-electron chi connectivity index (χ3n) is 2.20. The summed E-state index contributed by atoms with van der Waals surface area (Å²) in [5, 5.41) is 19.0. The fourth-order valence-corrected chi connectivity index (χ4v) is 2.56. The second-order valence-electron chi connectivity index (χ2n) is 3.43. The highest BCUT2D eigenvalue weighted by Gasteiger charge is 2.18. The van der Waals surface area contributed by atoms with Gasteiger partial charge in [-0.05, 0) is 30.0 Å². The minimum absolute atomic E-state index is 0.475. The summed E-state index contributed by atoms with van der Waals surface area (Å²) in [4.78, 5) is 11.1. The molecule has 2 aromatic rings. The monoisotopic (exact) mass is 222 g/mol. The molecule has 4 heteroatoms. The Morgan fingerprint density at radius 1 is 1.40 bits per heavy atom. The van der Waals surface area contributed by atoms with Gasteiger partial charge < -0.3 is 10.2 Å². The van der Waals surface area contributed by atoms with Gasteiger partial charge in [-0.2, -0.15) is 0 Å². The standard InChI is InChI=1S/C11H10O3S/c1-6-2-3-7-5-9(10(12)11(13)14)15-8(7)4-6/h2-5,10,12H,1H3,(H,13,14). The number of hydrogen-bond acceptors (Lipinski definition) is 3. The lowest BCUT2D eigenvalue weighted by Crippen LogP contribution is -2.08. The Morgan fingerprint density at radius 2 is 2.13 bits per heavy atom. The van der Waals surface area contributed by atoms with Crippen molar-refractivity contribution in [2.45, 2.75) is 13.0 Å². The van der Waals surface area contributed by atoms with E-state index in [0.717, 1.165) is 15.6 Å². The van der Waals surface area contributed by atoms with Crippen molar-refractivity contribution in [3.8, 4) is 0 Å². The molecule has 0 bridgehead atoms. The number of hydrogen-bond donors (Lipinski definition) is 2. The van der Waals surface area contributed by atoms with E-state index in [0.29, 0.717) is 4.88 Å².